The van der Waals surface area contributed by atoms with E-state index in [0.717, 1.165) is 25.7 Å². The van der Waals surface area contributed by atoms with Crippen LogP contribution in [0.3, 0.4) is 0 Å². The third kappa shape index (κ3) is 6.39. The summed E-state index contributed by atoms with van der Waals surface area (Å²) in [6, 6.07) is -0.171. The lowest BCUT2D eigenvalue weighted by Gasteiger charge is -2.59. The highest BCUT2D eigenvalue weighted by Gasteiger charge is 2.56. The number of aliphatic carboxylic acids is 1. The molecule has 38 heavy (non-hydrogen) atoms. The molecule has 0 aliphatic carbocycles. The van der Waals surface area contributed by atoms with Gasteiger partial charge in [-0.3, -0.25) is 19.4 Å². The minimum Gasteiger partial charge on any atom is -0.481 e. The minimum absolute atomic E-state index is 0.171. The molecule has 8 heteroatoms. The lowest BCUT2D eigenvalue weighted by molar-refractivity contribution is -0.213. The van der Waals surface area contributed by atoms with Gasteiger partial charge in [-0.25, -0.2) is 0 Å². The average molecular weight is 541 g/mol. The van der Waals surface area contributed by atoms with Gasteiger partial charge in [-0.1, -0.05) is 53.4 Å². The van der Waals surface area contributed by atoms with Gasteiger partial charge in [0.1, 0.15) is 0 Å². The first kappa shape index (κ1) is 33.0. The van der Waals surface area contributed by atoms with E-state index in [1.54, 1.807) is 0 Å². The highest BCUT2D eigenvalue weighted by atomic mass is 16.6. The van der Waals surface area contributed by atoms with Crippen LogP contribution >= 0.6 is 0 Å². The van der Waals surface area contributed by atoms with E-state index in [1.807, 2.05) is 27.9 Å². The number of carboxylic acids is 1. The van der Waals surface area contributed by atoms with Gasteiger partial charge in [-0.05, 0) is 61.1 Å². The first-order valence-electron chi connectivity index (χ1n) is 14.5. The Balaban J connectivity index is 2.21. The van der Waals surface area contributed by atoms with E-state index in [4.69, 9.17) is 9.84 Å². The minimum atomic E-state index is -0.762. The van der Waals surface area contributed by atoms with Crippen LogP contribution in [0.1, 0.15) is 113 Å². The van der Waals surface area contributed by atoms with Crippen LogP contribution in [0, 0.1) is 16.7 Å². The predicted octanol–water partition coefficient (Wildman–Crippen LogP) is 4.66. The third-order valence-corrected chi connectivity index (χ3v) is 11.3. The Morgan fingerprint density at radius 2 is 1.26 bits per heavy atom. The van der Waals surface area contributed by atoms with Crippen molar-refractivity contribution in [2.24, 2.45) is 16.7 Å². The number of piperidine rings is 2. The number of carbonyl (C=O) groups excluding carboxylic acids is 1. The van der Waals surface area contributed by atoms with Crippen molar-refractivity contribution in [1.29, 1.82) is 0 Å². The zero-order valence-corrected chi connectivity index (χ0v) is 25.7. The fourth-order valence-electron chi connectivity index (χ4n) is 6.25. The summed E-state index contributed by atoms with van der Waals surface area (Å²) in [4.78, 5) is 29.0. The van der Waals surface area contributed by atoms with Gasteiger partial charge in [-0.15, -0.1) is 0 Å². The van der Waals surface area contributed by atoms with Gasteiger partial charge < -0.3 is 20.1 Å². The predicted molar refractivity (Wildman–Crippen MR) is 150 cm³/mol. The van der Waals surface area contributed by atoms with E-state index in [0.29, 0.717) is 25.7 Å². The molecule has 2 heterocycles. The second-order valence-corrected chi connectivity index (χ2v) is 14.1. The molecule has 3 N–H and O–H groups in total. The molecule has 2 aliphatic heterocycles. The summed E-state index contributed by atoms with van der Waals surface area (Å²) in [6.07, 6.45) is 4.22. The molecular weight excluding hydrogens is 484 g/mol. The van der Waals surface area contributed by atoms with Crippen molar-refractivity contribution in [3.05, 3.63) is 0 Å². The fraction of sp³-hybridized carbons (Fsp3) is 0.933. The normalized spacial score (nSPS) is 31.5. The van der Waals surface area contributed by atoms with E-state index < -0.39 is 30.3 Å². The first-order chi connectivity index (χ1) is 17.3. The Hall–Kier alpha value is -1.22. The Labute approximate surface area is 231 Å². The zero-order chi connectivity index (χ0) is 29.3. The van der Waals surface area contributed by atoms with Crippen LogP contribution < -0.4 is 0 Å². The second kappa shape index (κ2) is 12.1. The van der Waals surface area contributed by atoms with E-state index in [-0.39, 0.29) is 40.3 Å². The molecule has 2 fully saturated rings. The van der Waals surface area contributed by atoms with E-state index in [2.05, 4.69) is 51.3 Å². The van der Waals surface area contributed by atoms with Crippen LogP contribution in [-0.4, -0.2) is 86.7 Å². The van der Waals surface area contributed by atoms with Crippen molar-refractivity contribution in [3.63, 3.8) is 0 Å². The third-order valence-electron chi connectivity index (χ3n) is 11.3. The number of likely N-dealkylation sites (tertiary alicyclic amines) is 2. The maximum atomic E-state index is 13.9. The van der Waals surface area contributed by atoms with Crippen molar-refractivity contribution in [2.45, 2.75) is 149 Å². The number of hydrogen-bond acceptors (Lipinski definition) is 7. The molecule has 5 atom stereocenters. The molecule has 0 amide bonds. The molecule has 5 unspecified atom stereocenters. The van der Waals surface area contributed by atoms with E-state index in [9.17, 15) is 19.8 Å². The molecule has 222 valence electrons. The second-order valence-electron chi connectivity index (χ2n) is 14.1. The van der Waals surface area contributed by atoms with Crippen LogP contribution in [-0.2, 0) is 14.3 Å². The standard InChI is InChI=1S/C30H56N2O6/c1-27(2)22(33)18-21(31(9)29(27,5)6)20(16-14-12-11-13-15-17-25(35)36)26(37)38-24-19-23(34)28(3,4)30(7,8)32(24)10/h20-24,33-34H,11-19H2,1-10H3,(H,35,36). The average Bonchev–Trinajstić information content (AvgIpc) is 2.80. The maximum absolute atomic E-state index is 13.9. The molecule has 2 rings (SSSR count). The molecule has 0 saturated carbocycles. The van der Waals surface area contributed by atoms with Crippen LogP contribution in [0.4, 0.5) is 0 Å². The fourth-order valence-corrected chi connectivity index (χ4v) is 6.25. The van der Waals surface area contributed by atoms with Crippen LogP contribution in [0.15, 0.2) is 0 Å². The lowest BCUT2D eigenvalue weighted by Crippen LogP contribution is -2.68. The summed E-state index contributed by atoms with van der Waals surface area (Å²) in [6.45, 7) is 16.7. The van der Waals surface area contributed by atoms with Gasteiger partial charge in [0.05, 0.1) is 18.1 Å². The van der Waals surface area contributed by atoms with E-state index >= 15 is 0 Å². The molecule has 0 aromatic carbocycles. The Morgan fingerprint density at radius 1 is 0.789 bits per heavy atom. The van der Waals surface area contributed by atoms with Crippen molar-refractivity contribution < 1.29 is 29.6 Å². The molecule has 0 aromatic heterocycles. The summed E-state index contributed by atoms with van der Waals surface area (Å²) in [5, 5.41) is 31.0. The van der Waals surface area contributed by atoms with Crippen molar-refractivity contribution >= 4 is 11.9 Å². The van der Waals surface area contributed by atoms with Gasteiger partial charge >= 0.3 is 11.9 Å². The molecule has 0 radical (unpaired) electrons. The van der Waals surface area contributed by atoms with Gasteiger partial charge in [0.2, 0.25) is 0 Å². The molecule has 8 nitrogen and oxygen atoms in total. The van der Waals surface area contributed by atoms with Gasteiger partial charge in [0.25, 0.3) is 0 Å². The number of carboxylic acid groups (broad SMARTS) is 1. The molecule has 0 aromatic rings. The molecule has 0 spiro atoms. The number of nitrogens with zero attached hydrogens (tertiary/aromatic N) is 2. The van der Waals surface area contributed by atoms with Crippen LogP contribution in [0.5, 0.6) is 0 Å². The number of rotatable bonds is 11. The number of esters is 1. The highest BCUT2D eigenvalue weighted by molar-refractivity contribution is 5.73. The summed E-state index contributed by atoms with van der Waals surface area (Å²) in [7, 11) is 4.01. The molecule has 0 bridgehead atoms. The van der Waals surface area contributed by atoms with Gasteiger partial charge in [0.15, 0.2) is 6.23 Å². The quantitative estimate of drug-likeness (QED) is 0.256. The first-order valence-corrected chi connectivity index (χ1v) is 14.5. The van der Waals surface area contributed by atoms with Gasteiger partial charge in [0, 0.05) is 40.8 Å². The number of hydrogen-bond donors (Lipinski definition) is 3. The number of carbonyl (C=O) groups is 2. The molecule has 2 aliphatic rings. The lowest BCUT2D eigenvalue weighted by atomic mass is 9.63. The summed E-state index contributed by atoms with van der Waals surface area (Å²) in [5.74, 6) is -1.44. The molecular formula is C30H56N2O6. The Bertz CT molecular complexity index is 824. The highest BCUT2D eigenvalue weighted by Crippen LogP contribution is 2.48. The SMILES string of the molecule is CN1C(OC(=O)C(CCCCCCCC(=O)O)C2CC(O)C(C)(C)C(C)(C)N2C)CC(O)C(C)(C)C1(C)C. The van der Waals surface area contributed by atoms with Crippen LogP contribution in [0.25, 0.3) is 0 Å². The van der Waals surface area contributed by atoms with Crippen molar-refractivity contribution in [3.8, 4) is 0 Å². The number of aliphatic hydroxyl groups is 2. The Kier molecular flexibility index (Phi) is 10.5. The van der Waals surface area contributed by atoms with Crippen LogP contribution in [0.2, 0.25) is 0 Å². The topological polar surface area (TPSA) is 111 Å². The van der Waals surface area contributed by atoms with Crippen molar-refractivity contribution in [1.82, 2.24) is 9.80 Å². The van der Waals surface area contributed by atoms with Crippen molar-refractivity contribution in [2.75, 3.05) is 14.1 Å². The smallest absolute Gasteiger partial charge is 0.312 e. The summed E-state index contributed by atoms with van der Waals surface area (Å²) in [5.41, 5.74) is -1.44. The molecule has 2 saturated heterocycles. The summed E-state index contributed by atoms with van der Waals surface area (Å²) >= 11 is 0. The maximum Gasteiger partial charge on any atom is 0.312 e. The number of aliphatic hydroxyl groups excluding tert-OH is 2. The largest absolute Gasteiger partial charge is 0.481 e. The Morgan fingerprint density at radius 3 is 1.82 bits per heavy atom. The zero-order valence-electron chi connectivity index (χ0n) is 25.7. The number of unbranched alkanes of at least 4 members (excludes halogenated alkanes) is 4. The van der Waals surface area contributed by atoms with Gasteiger partial charge in [-0.2, -0.15) is 0 Å². The monoisotopic (exact) mass is 540 g/mol. The number of ether oxygens (including phenoxy) is 1. The summed E-state index contributed by atoms with van der Waals surface area (Å²) < 4.78 is 6.20. The van der Waals surface area contributed by atoms with E-state index in [1.165, 1.54) is 0 Å².